The van der Waals surface area contributed by atoms with E-state index in [1.54, 1.807) is 25.3 Å². The van der Waals surface area contributed by atoms with E-state index in [0.29, 0.717) is 22.7 Å². The Morgan fingerprint density at radius 3 is 2.46 bits per heavy atom. The van der Waals surface area contributed by atoms with Gasteiger partial charge in [0.15, 0.2) is 5.82 Å². The van der Waals surface area contributed by atoms with E-state index in [1.165, 1.54) is 11.8 Å². The molecule has 1 aromatic heterocycles. The molecule has 24 heavy (non-hydrogen) atoms. The summed E-state index contributed by atoms with van der Waals surface area (Å²) in [6, 6.07) is 14.7. The van der Waals surface area contributed by atoms with E-state index < -0.39 is 0 Å². The monoisotopic (exact) mass is 323 g/mol. The molecule has 0 saturated heterocycles. The van der Waals surface area contributed by atoms with Crippen LogP contribution in [0.25, 0.3) is 11.4 Å². The number of nitrogens with zero attached hydrogens (tertiary/aromatic N) is 3. The molecule has 0 spiro atoms. The highest BCUT2D eigenvalue weighted by Crippen LogP contribution is 2.24. The quantitative estimate of drug-likeness (QED) is 0.738. The van der Waals surface area contributed by atoms with Crippen molar-refractivity contribution in [2.24, 2.45) is 0 Å². The van der Waals surface area contributed by atoms with Crippen LogP contribution in [0.4, 0.5) is 0 Å². The third-order valence-electron chi connectivity index (χ3n) is 3.59. The predicted molar refractivity (Wildman–Crippen MR) is 89.5 cm³/mol. The number of aryl methyl sites for hydroxylation is 1. The molecular weight excluding hydrogens is 306 g/mol. The largest absolute Gasteiger partial charge is 0.497 e. The van der Waals surface area contributed by atoms with Gasteiger partial charge in [0.25, 0.3) is 5.91 Å². The van der Waals surface area contributed by atoms with Gasteiger partial charge in [0.05, 0.1) is 14.2 Å². The molecule has 0 bridgehead atoms. The summed E-state index contributed by atoms with van der Waals surface area (Å²) in [4.78, 5) is 17.1. The van der Waals surface area contributed by atoms with Gasteiger partial charge in [-0.1, -0.05) is 29.8 Å². The summed E-state index contributed by atoms with van der Waals surface area (Å²) >= 11 is 0. The van der Waals surface area contributed by atoms with Crippen molar-refractivity contribution in [2.75, 3.05) is 14.2 Å². The number of carbonyl (C=O) groups excluding carboxylic acids is 1. The Hall–Kier alpha value is -3.15. The van der Waals surface area contributed by atoms with Crippen LogP contribution in [0.1, 0.15) is 15.9 Å². The third-order valence-corrected chi connectivity index (χ3v) is 3.59. The minimum atomic E-state index is -0.274. The van der Waals surface area contributed by atoms with E-state index in [4.69, 9.17) is 9.47 Å². The molecule has 6 nitrogen and oxygen atoms in total. The molecule has 6 heteroatoms. The van der Waals surface area contributed by atoms with Crippen molar-refractivity contribution >= 4 is 5.91 Å². The summed E-state index contributed by atoms with van der Waals surface area (Å²) in [5, 5.41) is 4.15. The van der Waals surface area contributed by atoms with Crippen molar-refractivity contribution in [2.45, 2.75) is 6.92 Å². The molecule has 0 saturated carbocycles. The normalized spacial score (nSPS) is 10.5. The highest BCUT2D eigenvalue weighted by Gasteiger charge is 2.19. The summed E-state index contributed by atoms with van der Waals surface area (Å²) in [7, 11) is 3.05. The van der Waals surface area contributed by atoms with Crippen LogP contribution in [0.5, 0.6) is 11.8 Å². The first-order valence-corrected chi connectivity index (χ1v) is 7.39. The average molecular weight is 323 g/mol. The van der Waals surface area contributed by atoms with E-state index >= 15 is 0 Å². The Kier molecular flexibility index (Phi) is 4.29. The number of carbonyl (C=O) groups is 1. The van der Waals surface area contributed by atoms with Gasteiger partial charge >= 0.3 is 6.01 Å². The van der Waals surface area contributed by atoms with Crippen molar-refractivity contribution < 1.29 is 14.3 Å². The maximum absolute atomic E-state index is 12.8. The van der Waals surface area contributed by atoms with E-state index in [9.17, 15) is 4.79 Å². The lowest BCUT2D eigenvalue weighted by molar-refractivity contribution is 0.0945. The highest BCUT2D eigenvalue weighted by molar-refractivity contribution is 5.97. The first-order chi connectivity index (χ1) is 11.6. The summed E-state index contributed by atoms with van der Waals surface area (Å²) in [5.74, 6) is 0.795. The van der Waals surface area contributed by atoms with Crippen LogP contribution >= 0.6 is 0 Å². The number of ether oxygens (including phenoxy) is 2. The van der Waals surface area contributed by atoms with Crippen molar-refractivity contribution in [3.05, 3.63) is 59.7 Å². The van der Waals surface area contributed by atoms with E-state index in [-0.39, 0.29) is 11.9 Å². The Bertz CT molecular complexity index is 869. The lowest BCUT2D eigenvalue weighted by Crippen LogP contribution is -2.15. The number of benzene rings is 2. The molecule has 2 aromatic carbocycles. The molecule has 0 aliphatic carbocycles. The van der Waals surface area contributed by atoms with Crippen LogP contribution in [-0.2, 0) is 0 Å². The molecule has 3 rings (SSSR count). The zero-order valence-corrected chi connectivity index (χ0v) is 13.7. The zero-order valence-electron chi connectivity index (χ0n) is 13.7. The Morgan fingerprint density at radius 2 is 1.79 bits per heavy atom. The zero-order chi connectivity index (χ0) is 17.1. The number of methoxy groups -OCH3 is 2. The minimum Gasteiger partial charge on any atom is -0.497 e. The van der Waals surface area contributed by atoms with Gasteiger partial charge in [0.2, 0.25) is 0 Å². The Balaban J connectivity index is 2.08. The SMILES string of the molecule is COc1cccc(-c2nc(OC)nn2C(=O)c2ccc(C)cc2)c1. The Labute approximate surface area is 139 Å². The lowest BCUT2D eigenvalue weighted by Gasteiger charge is -2.06. The molecule has 0 N–H and O–H groups in total. The van der Waals surface area contributed by atoms with Crippen LogP contribution in [0.3, 0.4) is 0 Å². The molecule has 122 valence electrons. The number of hydrogen-bond acceptors (Lipinski definition) is 5. The summed E-state index contributed by atoms with van der Waals surface area (Å²) in [6.07, 6.45) is 0. The van der Waals surface area contributed by atoms with Crippen molar-refractivity contribution in [3.8, 4) is 23.1 Å². The molecule has 0 radical (unpaired) electrons. The van der Waals surface area contributed by atoms with Gasteiger partial charge in [-0.3, -0.25) is 4.79 Å². The van der Waals surface area contributed by atoms with Crippen LogP contribution in [0.2, 0.25) is 0 Å². The van der Waals surface area contributed by atoms with Crippen LogP contribution in [0, 0.1) is 6.92 Å². The number of aromatic nitrogens is 3. The van der Waals surface area contributed by atoms with Gasteiger partial charge in [0.1, 0.15) is 5.75 Å². The second-order valence-electron chi connectivity index (χ2n) is 5.24. The van der Waals surface area contributed by atoms with Gasteiger partial charge < -0.3 is 9.47 Å². The Morgan fingerprint density at radius 1 is 1.04 bits per heavy atom. The third kappa shape index (κ3) is 2.99. The van der Waals surface area contributed by atoms with E-state index in [0.717, 1.165) is 5.56 Å². The molecule has 0 amide bonds. The molecule has 3 aromatic rings. The van der Waals surface area contributed by atoms with Crippen molar-refractivity contribution in [3.63, 3.8) is 0 Å². The molecule has 0 fully saturated rings. The van der Waals surface area contributed by atoms with Crippen molar-refractivity contribution in [1.82, 2.24) is 14.8 Å². The summed E-state index contributed by atoms with van der Waals surface area (Å²) < 4.78 is 11.6. The lowest BCUT2D eigenvalue weighted by atomic mass is 10.1. The fourth-order valence-corrected chi connectivity index (χ4v) is 2.29. The standard InChI is InChI=1S/C18H17N3O3/c1-12-7-9-13(10-8-12)17(22)21-16(19-18(20-21)24-3)14-5-4-6-15(11-14)23-2/h4-11H,1-3H3. The minimum absolute atomic E-state index is 0.133. The topological polar surface area (TPSA) is 66.2 Å². The summed E-state index contributed by atoms with van der Waals surface area (Å²) in [6.45, 7) is 1.97. The van der Waals surface area contributed by atoms with Crippen LogP contribution in [-0.4, -0.2) is 34.9 Å². The molecule has 1 heterocycles. The smallest absolute Gasteiger partial charge is 0.336 e. The van der Waals surface area contributed by atoms with Crippen molar-refractivity contribution in [1.29, 1.82) is 0 Å². The van der Waals surface area contributed by atoms with Gasteiger partial charge in [0, 0.05) is 11.1 Å². The number of rotatable bonds is 4. The van der Waals surface area contributed by atoms with E-state index in [1.807, 2.05) is 37.3 Å². The molecule has 0 atom stereocenters. The molecule has 0 aliphatic heterocycles. The molecular formula is C18H17N3O3. The first-order valence-electron chi connectivity index (χ1n) is 7.39. The molecule has 0 unspecified atom stereocenters. The summed E-state index contributed by atoms with van der Waals surface area (Å²) in [5.41, 5.74) is 2.32. The fourth-order valence-electron chi connectivity index (χ4n) is 2.29. The van der Waals surface area contributed by atoms with Gasteiger partial charge in [-0.15, -0.1) is 5.10 Å². The molecule has 0 aliphatic rings. The van der Waals surface area contributed by atoms with Crippen LogP contribution < -0.4 is 9.47 Å². The van der Waals surface area contributed by atoms with Gasteiger partial charge in [-0.05, 0) is 31.2 Å². The van der Waals surface area contributed by atoms with Gasteiger partial charge in [-0.25, -0.2) is 0 Å². The van der Waals surface area contributed by atoms with Crippen LogP contribution in [0.15, 0.2) is 48.5 Å². The predicted octanol–water partition coefficient (Wildman–Crippen LogP) is 2.96. The highest BCUT2D eigenvalue weighted by atomic mass is 16.5. The van der Waals surface area contributed by atoms with Gasteiger partial charge in [-0.2, -0.15) is 9.67 Å². The number of hydrogen-bond donors (Lipinski definition) is 0. The first kappa shape index (κ1) is 15.7. The second-order valence-corrected chi connectivity index (χ2v) is 5.24. The van der Waals surface area contributed by atoms with E-state index in [2.05, 4.69) is 10.1 Å². The second kappa shape index (κ2) is 6.54. The fraction of sp³-hybridized carbons (Fsp3) is 0.167. The maximum atomic E-state index is 12.8. The average Bonchev–Trinajstić information content (AvgIpc) is 3.06. The maximum Gasteiger partial charge on any atom is 0.336 e.